The normalized spacial score (nSPS) is 32.5. The molecule has 0 aromatic carbocycles. The van der Waals surface area contributed by atoms with Gasteiger partial charge in [0, 0.05) is 30.5 Å². The zero-order chi connectivity index (χ0) is 13.7. The Bertz CT molecular complexity index is 513. The van der Waals surface area contributed by atoms with Crippen molar-refractivity contribution in [3.63, 3.8) is 0 Å². The van der Waals surface area contributed by atoms with Gasteiger partial charge in [-0.15, -0.1) is 0 Å². The van der Waals surface area contributed by atoms with E-state index in [9.17, 15) is 4.79 Å². The molecule has 1 aromatic rings. The van der Waals surface area contributed by atoms with E-state index in [0.29, 0.717) is 22.9 Å². The molecule has 20 heavy (non-hydrogen) atoms. The number of nitrogens with one attached hydrogen (secondary N) is 1. The second-order valence-corrected chi connectivity index (χ2v) is 7.42. The molecule has 1 N–H and O–H groups in total. The Morgan fingerprint density at radius 3 is 2.65 bits per heavy atom. The van der Waals surface area contributed by atoms with Gasteiger partial charge in [-0.2, -0.15) is 4.37 Å². The zero-order valence-electron chi connectivity index (χ0n) is 11.7. The lowest BCUT2D eigenvalue weighted by Gasteiger charge is -2.17. The van der Waals surface area contributed by atoms with Gasteiger partial charge in [0.15, 0.2) is 0 Å². The van der Waals surface area contributed by atoms with Crippen molar-refractivity contribution in [1.82, 2.24) is 14.3 Å². The highest BCUT2D eigenvalue weighted by Gasteiger charge is 2.41. The van der Waals surface area contributed by atoms with Crippen molar-refractivity contribution in [3.8, 4) is 0 Å². The summed E-state index contributed by atoms with van der Waals surface area (Å²) in [5.41, 5.74) is 0. The van der Waals surface area contributed by atoms with Crippen LogP contribution in [-0.4, -0.2) is 33.4 Å². The highest BCUT2D eigenvalue weighted by atomic mass is 32.1. The lowest BCUT2D eigenvalue weighted by atomic mass is 10.0. The maximum Gasteiger partial charge on any atom is 0.323 e. The number of anilines is 1. The van der Waals surface area contributed by atoms with E-state index in [1.807, 2.05) is 4.90 Å². The lowest BCUT2D eigenvalue weighted by Crippen LogP contribution is -2.33. The fourth-order valence-corrected chi connectivity index (χ4v) is 4.37. The molecule has 2 heterocycles. The number of carbonyl (C=O) groups is 1. The van der Waals surface area contributed by atoms with Crippen molar-refractivity contribution >= 4 is 22.7 Å². The Morgan fingerprint density at radius 1 is 1.30 bits per heavy atom. The van der Waals surface area contributed by atoms with E-state index < -0.39 is 0 Å². The summed E-state index contributed by atoms with van der Waals surface area (Å²) in [5, 5.41) is 3.57. The van der Waals surface area contributed by atoms with Crippen LogP contribution in [0.2, 0.25) is 0 Å². The number of aromatic nitrogens is 2. The van der Waals surface area contributed by atoms with Gasteiger partial charge in [0.2, 0.25) is 5.13 Å². The molecular formula is C14H20N4OS. The van der Waals surface area contributed by atoms with Gasteiger partial charge in [-0.05, 0) is 43.4 Å². The molecule has 0 radical (unpaired) electrons. The summed E-state index contributed by atoms with van der Waals surface area (Å²) < 4.78 is 4.32. The molecule has 1 aliphatic heterocycles. The van der Waals surface area contributed by atoms with Crippen LogP contribution in [0.25, 0.3) is 0 Å². The minimum atomic E-state index is 0.00514. The molecule has 0 spiro atoms. The molecule has 0 bridgehead atoms. The Labute approximate surface area is 122 Å². The minimum Gasteiger partial charge on any atom is -0.324 e. The van der Waals surface area contributed by atoms with Gasteiger partial charge in [0.1, 0.15) is 5.82 Å². The molecule has 2 unspecified atom stereocenters. The average Bonchev–Trinajstić information content (AvgIpc) is 2.86. The van der Waals surface area contributed by atoms with Crippen molar-refractivity contribution in [1.29, 1.82) is 0 Å². The van der Waals surface area contributed by atoms with Crippen molar-refractivity contribution in [2.45, 2.75) is 38.5 Å². The van der Waals surface area contributed by atoms with Gasteiger partial charge in [-0.1, -0.05) is 6.92 Å². The smallest absolute Gasteiger partial charge is 0.323 e. The first-order valence-electron chi connectivity index (χ1n) is 7.58. The number of rotatable bonds is 2. The highest BCUT2D eigenvalue weighted by Crippen LogP contribution is 2.41. The van der Waals surface area contributed by atoms with Crippen LogP contribution in [0.5, 0.6) is 0 Å². The van der Waals surface area contributed by atoms with Crippen molar-refractivity contribution in [3.05, 3.63) is 5.82 Å². The average molecular weight is 292 g/mol. The first-order chi connectivity index (χ1) is 9.69. The van der Waals surface area contributed by atoms with Crippen LogP contribution in [0.3, 0.4) is 0 Å². The predicted molar refractivity (Wildman–Crippen MR) is 77.9 cm³/mol. The van der Waals surface area contributed by atoms with Crippen LogP contribution < -0.4 is 5.32 Å². The summed E-state index contributed by atoms with van der Waals surface area (Å²) in [6.07, 6.45) is 4.94. The first kappa shape index (κ1) is 12.6. The fourth-order valence-electron chi connectivity index (χ4n) is 3.73. The molecule has 2 saturated carbocycles. The third-order valence-electron chi connectivity index (χ3n) is 4.87. The number of likely N-dealkylation sites (tertiary alicyclic amines) is 1. The second-order valence-electron chi connectivity index (χ2n) is 6.66. The van der Waals surface area contributed by atoms with E-state index in [0.717, 1.165) is 24.8 Å². The fraction of sp³-hybridized carbons (Fsp3) is 0.786. The van der Waals surface area contributed by atoms with E-state index in [-0.39, 0.29) is 6.03 Å². The van der Waals surface area contributed by atoms with E-state index in [1.54, 1.807) is 0 Å². The lowest BCUT2D eigenvalue weighted by molar-refractivity contribution is 0.217. The molecule has 6 heteroatoms. The first-order valence-corrected chi connectivity index (χ1v) is 8.36. The Morgan fingerprint density at radius 2 is 2.00 bits per heavy atom. The third-order valence-corrected chi connectivity index (χ3v) is 5.52. The molecule has 5 nitrogen and oxygen atoms in total. The topological polar surface area (TPSA) is 58.1 Å². The SMILES string of the molecule is CC1CC2CN(C(=O)Nc3nc(C4CC4)ns3)CC2C1. The molecule has 108 valence electrons. The maximum atomic E-state index is 12.3. The summed E-state index contributed by atoms with van der Waals surface area (Å²) >= 11 is 1.31. The monoisotopic (exact) mass is 292 g/mol. The Hall–Kier alpha value is -1.17. The largest absolute Gasteiger partial charge is 0.324 e. The minimum absolute atomic E-state index is 0.00514. The van der Waals surface area contributed by atoms with Gasteiger partial charge >= 0.3 is 6.03 Å². The maximum absolute atomic E-state index is 12.3. The molecule has 3 aliphatic rings. The Balaban J connectivity index is 1.36. The molecule has 2 atom stereocenters. The molecular weight excluding hydrogens is 272 g/mol. The van der Waals surface area contributed by atoms with Crippen LogP contribution in [0.1, 0.15) is 44.3 Å². The Kier molecular flexibility index (Phi) is 2.94. The van der Waals surface area contributed by atoms with E-state index in [1.165, 1.54) is 37.2 Å². The van der Waals surface area contributed by atoms with E-state index in [2.05, 4.69) is 21.6 Å². The molecule has 1 aromatic heterocycles. The number of hydrogen-bond donors (Lipinski definition) is 1. The van der Waals surface area contributed by atoms with E-state index in [4.69, 9.17) is 0 Å². The highest BCUT2D eigenvalue weighted by molar-refractivity contribution is 7.09. The van der Waals surface area contributed by atoms with Gasteiger partial charge in [0.05, 0.1) is 0 Å². The predicted octanol–water partition coefficient (Wildman–Crippen LogP) is 2.93. The number of carbonyl (C=O) groups excluding carboxylic acids is 1. The van der Waals surface area contributed by atoms with Gasteiger partial charge < -0.3 is 4.90 Å². The number of amides is 2. The summed E-state index contributed by atoms with van der Waals surface area (Å²) in [5.74, 6) is 3.72. The summed E-state index contributed by atoms with van der Waals surface area (Å²) in [6, 6.07) is 0.00514. The molecule has 1 saturated heterocycles. The van der Waals surface area contributed by atoms with Gasteiger partial charge in [0.25, 0.3) is 0 Å². The van der Waals surface area contributed by atoms with Crippen LogP contribution >= 0.6 is 11.5 Å². The molecule has 2 amide bonds. The van der Waals surface area contributed by atoms with Crippen molar-refractivity contribution in [2.75, 3.05) is 18.4 Å². The van der Waals surface area contributed by atoms with Crippen LogP contribution in [0, 0.1) is 17.8 Å². The van der Waals surface area contributed by atoms with Gasteiger partial charge in [-0.3, -0.25) is 5.32 Å². The van der Waals surface area contributed by atoms with Crippen molar-refractivity contribution in [2.24, 2.45) is 17.8 Å². The number of nitrogens with zero attached hydrogens (tertiary/aromatic N) is 3. The second kappa shape index (κ2) is 4.69. The van der Waals surface area contributed by atoms with Crippen LogP contribution in [0.15, 0.2) is 0 Å². The molecule has 3 fully saturated rings. The summed E-state index contributed by atoms with van der Waals surface area (Å²) in [4.78, 5) is 18.7. The number of urea groups is 1. The zero-order valence-corrected chi connectivity index (χ0v) is 12.5. The summed E-state index contributed by atoms with van der Waals surface area (Å²) in [6.45, 7) is 4.15. The molecule has 4 rings (SSSR count). The van der Waals surface area contributed by atoms with Crippen LogP contribution in [0.4, 0.5) is 9.93 Å². The van der Waals surface area contributed by atoms with Crippen LogP contribution in [-0.2, 0) is 0 Å². The number of fused-ring (bicyclic) bond motifs is 1. The van der Waals surface area contributed by atoms with E-state index >= 15 is 0 Å². The quantitative estimate of drug-likeness (QED) is 0.911. The summed E-state index contributed by atoms with van der Waals surface area (Å²) in [7, 11) is 0. The number of hydrogen-bond acceptors (Lipinski definition) is 4. The third kappa shape index (κ3) is 2.30. The van der Waals surface area contributed by atoms with Gasteiger partial charge in [-0.25, -0.2) is 9.78 Å². The molecule has 2 aliphatic carbocycles. The standard InChI is InChI=1S/C14H20N4OS/c1-8-4-10-6-18(7-11(10)5-8)14(19)16-13-15-12(17-20-13)9-2-3-9/h8-11H,2-7H2,1H3,(H,15,16,17,19). The van der Waals surface area contributed by atoms with Crippen molar-refractivity contribution < 1.29 is 4.79 Å².